The molecule has 0 aliphatic heterocycles. The number of carboxylic acids is 1. The van der Waals surface area contributed by atoms with E-state index in [9.17, 15) is 32.9 Å². The van der Waals surface area contributed by atoms with Crippen LogP contribution in [0.2, 0.25) is 0 Å². The molecule has 0 radical (unpaired) electrons. The highest BCUT2D eigenvalue weighted by Gasteiger charge is 2.43. The van der Waals surface area contributed by atoms with Gasteiger partial charge >= 0.3 is 18.1 Å². The van der Waals surface area contributed by atoms with Gasteiger partial charge in [0.05, 0.1) is 22.1 Å². The van der Waals surface area contributed by atoms with Gasteiger partial charge in [0, 0.05) is 13.1 Å². The van der Waals surface area contributed by atoms with E-state index >= 15 is 0 Å². The molecule has 0 spiro atoms. The second kappa shape index (κ2) is 6.00. The number of carbonyl (C=O) groups is 2. The van der Waals surface area contributed by atoms with Crippen LogP contribution >= 0.6 is 0 Å². The Hall–Kier alpha value is -2.65. The molecule has 1 aromatic carbocycles. The Bertz CT molecular complexity index is 630. The molecule has 0 aliphatic carbocycles. The maximum absolute atomic E-state index is 12.4. The number of halogens is 3. The number of rotatable bonds is 4. The number of alkyl halides is 3. The number of nitro groups is 1. The quantitative estimate of drug-likeness (QED) is 0.678. The monoisotopic (exact) mass is 320 g/mol. The predicted octanol–water partition coefficient (Wildman–Crippen LogP) is 2.37. The van der Waals surface area contributed by atoms with Gasteiger partial charge in [-0.1, -0.05) is 0 Å². The van der Waals surface area contributed by atoms with E-state index < -0.39 is 34.7 Å². The van der Waals surface area contributed by atoms with Gasteiger partial charge in [0.1, 0.15) is 0 Å². The lowest BCUT2D eigenvalue weighted by molar-refractivity contribution is -0.385. The summed E-state index contributed by atoms with van der Waals surface area (Å²) in [6, 6.07) is 1.51. The normalized spacial score (nSPS) is 12.6. The molecule has 7 nitrogen and oxygen atoms in total. The van der Waals surface area contributed by atoms with Crippen LogP contribution in [0.3, 0.4) is 0 Å². The maximum atomic E-state index is 12.4. The Labute approximate surface area is 122 Å². The summed E-state index contributed by atoms with van der Waals surface area (Å²) < 4.78 is 37.2. The Morgan fingerprint density at radius 1 is 1.36 bits per heavy atom. The number of aromatic carboxylic acids is 1. The van der Waals surface area contributed by atoms with Gasteiger partial charge in [0.25, 0.3) is 5.69 Å². The summed E-state index contributed by atoms with van der Waals surface area (Å²) >= 11 is 0. The van der Waals surface area contributed by atoms with E-state index in [2.05, 4.69) is 0 Å². The summed E-state index contributed by atoms with van der Waals surface area (Å²) in [6.07, 6.45) is -5.11. The lowest BCUT2D eigenvalue weighted by atomic mass is 10.0. The Morgan fingerprint density at radius 2 is 1.91 bits per heavy atom. The Balaban J connectivity index is 3.28. The average molecular weight is 320 g/mol. The van der Waals surface area contributed by atoms with Crippen LogP contribution < -0.4 is 0 Å². The summed E-state index contributed by atoms with van der Waals surface area (Å²) in [5.41, 5.74) is -1.25. The maximum Gasteiger partial charge on any atom is 0.471 e. The summed E-state index contributed by atoms with van der Waals surface area (Å²) in [5.74, 6) is -3.57. The van der Waals surface area contributed by atoms with Crippen molar-refractivity contribution >= 4 is 17.6 Å². The van der Waals surface area contributed by atoms with Crippen molar-refractivity contribution in [3.63, 3.8) is 0 Å². The third-order valence-corrected chi connectivity index (χ3v) is 3.07. The van der Waals surface area contributed by atoms with Crippen molar-refractivity contribution in [3.05, 3.63) is 39.4 Å². The zero-order valence-electron chi connectivity index (χ0n) is 11.4. The predicted molar refractivity (Wildman–Crippen MR) is 67.3 cm³/mol. The summed E-state index contributed by atoms with van der Waals surface area (Å²) in [7, 11) is 0.856. The molecular formula is C12H11F3N2O5. The van der Waals surface area contributed by atoms with Crippen molar-refractivity contribution in [2.45, 2.75) is 19.1 Å². The second-order valence-corrected chi connectivity index (χ2v) is 4.43. The highest BCUT2D eigenvalue weighted by atomic mass is 19.4. The molecule has 1 N–H and O–H groups in total. The standard InChI is InChI=1S/C12H11F3N2O5/c1-6(16(2)11(20)12(13,14)15)8-4-3-7(10(18)19)5-9(8)17(21)22/h3-6H,1-2H3,(H,18,19). The van der Waals surface area contributed by atoms with Gasteiger partial charge in [0.15, 0.2) is 0 Å². The molecule has 1 atom stereocenters. The van der Waals surface area contributed by atoms with E-state index in [0.717, 1.165) is 25.2 Å². The molecule has 1 aromatic rings. The second-order valence-electron chi connectivity index (χ2n) is 4.43. The highest BCUT2D eigenvalue weighted by molar-refractivity contribution is 5.88. The first kappa shape index (κ1) is 17.4. The Kier molecular flexibility index (Phi) is 4.74. The first-order valence-corrected chi connectivity index (χ1v) is 5.82. The fraction of sp³-hybridized carbons (Fsp3) is 0.333. The van der Waals surface area contributed by atoms with E-state index in [1.807, 2.05) is 0 Å². The first-order chi connectivity index (χ1) is 9.96. The topological polar surface area (TPSA) is 101 Å². The van der Waals surface area contributed by atoms with Crippen LogP contribution in [0, 0.1) is 10.1 Å². The SMILES string of the molecule is CC(c1ccc(C(=O)O)cc1[N+](=O)[O-])N(C)C(=O)C(F)(F)F. The third-order valence-electron chi connectivity index (χ3n) is 3.07. The lowest BCUT2D eigenvalue weighted by Crippen LogP contribution is -2.40. The van der Waals surface area contributed by atoms with Gasteiger partial charge in [-0.2, -0.15) is 13.2 Å². The summed E-state index contributed by atoms with van der Waals surface area (Å²) in [4.78, 5) is 32.3. The fourth-order valence-electron chi connectivity index (χ4n) is 1.77. The van der Waals surface area contributed by atoms with E-state index in [-0.39, 0.29) is 11.1 Å². The van der Waals surface area contributed by atoms with Crippen LogP contribution in [0.25, 0.3) is 0 Å². The highest BCUT2D eigenvalue weighted by Crippen LogP contribution is 2.31. The molecule has 1 unspecified atom stereocenters. The zero-order valence-corrected chi connectivity index (χ0v) is 11.4. The van der Waals surface area contributed by atoms with Crippen molar-refractivity contribution < 1.29 is 32.8 Å². The number of benzene rings is 1. The summed E-state index contributed by atoms with van der Waals surface area (Å²) in [5, 5.41) is 19.8. The van der Waals surface area contributed by atoms with Gasteiger partial charge in [-0.25, -0.2) is 4.79 Å². The molecule has 0 fully saturated rings. The van der Waals surface area contributed by atoms with Gasteiger partial charge in [-0.15, -0.1) is 0 Å². The minimum atomic E-state index is -5.11. The summed E-state index contributed by atoms with van der Waals surface area (Å²) in [6.45, 7) is 1.17. The number of hydrogen-bond donors (Lipinski definition) is 1. The number of nitro benzene ring substituents is 1. The van der Waals surface area contributed by atoms with Crippen LogP contribution in [0.15, 0.2) is 18.2 Å². The molecule has 120 valence electrons. The molecule has 0 aromatic heterocycles. The molecular weight excluding hydrogens is 309 g/mol. The number of hydrogen-bond acceptors (Lipinski definition) is 4. The fourth-order valence-corrected chi connectivity index (χ4v) is 1.77. The minimum Gasteiger partial charge on any atom is -0.478 e. The molecule has 0 heterocycles. The van der Waals surface area contributed by atoms with Crippen LogP contribution in [-0.2, 0) is 4.79 Å². The molecule has 22 heavy (non-hydrogen) atoms. The molecule has 1 rings (SSSR count). The van der Waals surface area contributed by atoms with Crippen molar-refractivity contribution in [1.82, 2.24) is 4.90 Å². The molecule has 1 amide bonds. The van der Waals surface area contributed by atoms with Crippen LogP contribution in [-0.4, -0.2) is 40.0 Å². The first-order valence-electron chi connectivity index (χ1n) is 5.82. The van der Waals surface area contributed by atoms with E-state index in [1.54, 1.807) is 0 Å². The van der Waals surface area contributed by atoms with Crippen molar-refractivity contribution in [2.75, 3.05) is 7.05 Å². The molecule has 10 heteroatoms. The van der Waals surface area contributed by atoms with Gasteiger partial charge in [-0.05, 0) is 19.1 Å². The molecule has 0 saturated heterocycles. The largest absolute Gasteiger partial charge is 0.478 e. The van der Waals surface area contributed by atoms with E-state index in [1.165, 1.54) is 6.92 Å². The molecule has 0 bridgehead atoms. The number of carbonyl (C=O) groups excluding carboxylic acids is 1. The van der Waals surface area contributed by atoms with Crippen LogP contribution in [0.5, 0.6) is 0 Å². The number of amides is 1. The third kappa shape index (κ3) is 3.51. The van der Waals surface area contributed by atoms with Crippen molar-refractivity contribution in [1.29, 1.82) is 0 Å². The van der Waals surface area contributed by atoms with Gasteiger partial charge in [-0.3, -0.25) is 14.9 Å². The van der Waals surface area contributed by atoms with Crippen molar-refractivity contribution in [2.24, 2.45) is 0 Å². The van der Waals surface area contributed by atoms with Crippen LogP contribution in [0.1, 0.15) is 28.9 Å². The van der Waals surface area contributed by atoms with Gasteiger partial charge < -0.3 is 10.0 Å². The van der Waals surface area contributed by atoms with E-state index in [4.69, 9.17) is 5.11 Å². The molecule has 0 aliphatic rings. The number of carboxylic acid groups (broad SMARTS) is 1. The smallest absolute Gasteiger partial charge is 0.471 e. The van der Waals surface area contributed by atoms with Crippen molar-refractivity contribution in [3.8, 4) is 0 Å². The zero-order chi connectivity index (χ0) is 17.2. The molecule has 0 saturated carbocycles. The van der Waals surface area contributed by atoms with E-state index in [0.29, 0.717) is 4.90 Å². The number of nitrogens with zero attached hydrogens (tertiary/aromatic N) is 2. The van der Waals surface area contributed by atoms with Gasteiger partial charge in [0.2, 0.25) is 0 Å². The van der Waals surface area contributed by atoms with Crippen LogP contribution in [0.4, 0.5) is 18.9 Å². The minimum absolute atomic E-state index is 0.199. The average Bonchev–Trinajstić information content (AvgIpc) is 2.43. The lowest BCUT2D eigenvalue weighted by Gasteiger charge is -2.25. The Morgan fingerprint density at radius 3 is 2.32 bits per heavy atom.